The lowest BCUT2D eigenvalue weighted by atomic mass is 10.1. The lowest BCUT2D eigenvalue weighted by Crippen LogP contribution is -2.30. The van der Waals surface area contributed by atoms with Crippen LogP contribution in [0.1, 0.15) is 67.2 Å². The van der Waals surface area contributed by atoms with Gasteiger partial charge in [0, 0.05) is 25.2 Å². The van der Waals surface area contributed by atoms with E-state index in [0.29, 0.717) is 12.1 Å². The van der Waals surface area contributed by atoms with Gasteiger partial charge >= 0.3 is 0 Å². The van der Waals surface area contributed by atoms with Crippen LogP contribution in [0.2, 0.25) is 0 Å². The first-order chi connectivity index (χ1) is 12.6. The molecule has 156 valence electrons. The SMILES string of the molecule is CCN(CC)CCC[C@@H](C)NC/C=C/CN[C@@H](C)CCCN(CC)CC. The molecule has 4 nitrogen and oxygen atoms in total. The first-order valence-electron chi connectivity index (χ1n) is 11.1. The molecule has 0 heterocycles. The molecule has 0 radical (unpaired) electrons. The molecule has 0 saturated heterocycles. The van der Waals surface area contributed by atoms with Gasteiger partial charge in [-0.05, 0) is 78.8 Å². The van der Waals surface area contributed by atoms with Crippen molar-refractivity contribution in [1.82, 2.24) is 20.4 Å². The van der Waals surface area contributed by atoms with E-state index in [9.17, 15) is 0 Å². The summed E-state index contributed by atoms with van der Waals surface area (Å²) in [6, 6.07) is 1.20. The zero-order valence-electron chi connectivity index (χ0n) is 18.7. The van der Waals surface area contributed by atoms with Crippen molar-refractivity contribution in [2.75, 3.05) is 52.4 Å². The van der Waals surface area contributed by atoms with E-state index in [4.69, 9.17) is 0 Å². The Morgan fingerprint density at radius 3 is 1.31 bits per heavy atom. The molecule has 2 atom stereocenters. The fourth-order valence-electron chi connectivity index (χ4n) is 3.23. The van der Waals surface area contributed by atoms with E-state index in [-0.39, 0.29) is 0 Å². The topological polar surface area (TPSA) is 30.5 Å². The second-order valence-corrected chi connectivity index (χ2v) is 7.43. The van der Waals surface area contributed by atoms with E-state index >= 15 is 0 Å². The first-order valence-corrected chi connectivity index (χ1v) is 11.1. The first kappa shape index (κ1) is 25.6. The average Bonchev–Trinajstić information content (AvgIpc) is 2.65. The highest BCUT2D eigenvalue weighted by atomic mass is 15.1. The van der Waals surface area contributed by atoms with Gasteiger partial charge in [0.1, 0.15) is 0 Å². The lowest BCUT2D eigenvalue weighted by molar-refractivity contribution is 0.291. The summed E-state index contributed by atoms with van der Waals surface area (Å²) in [5, 5.41) is 7.20. The average molecular weight is 369 g/mol. The number of nitrogens with zero attached hydrogens (tertiary/aromatic N) is 2. The molecule has 0 aliphatic heterocycles. The van der Waals surface area contributed by atoms with Gasteiger partial charge in [-0.1, -0.05) is 39.8 Å². The molecule has 0 aromatic carbocycles. The monoisotopic (exact) mass is 368 g/mol. The van der Waals surface area contributed by atoms with Gasteiger partial charge in [0.15, 0.2) is 0 Å². The molecule has 0 saturated carbocycles. The Hall–Kier alpha value is -0.420. The van der Waals surface area contributed by atoms with Crippen molar-refractivity contribution in [3.63, 3.8) is 0 Å². The third-order valence-electron chi connectivity index (χ3n) is 5.35. The summed E-state index contributed by atoms with van der Waals surface area (Å²) >= 11 is 0. The summed E-state index contributed by atoms with van der Waals surface area (Å²) in [7, 11) is 0. The molecule has 2 N–H and O–H groups in total. The van der Waals surface area contributed by atoms with E-state index < -0.39 is 0 Å². The van der Waals surface area contributed by atoms with E-state index in [1.807, 2.05) is 0 Å². The van der Waals surface area contributed by atoms with Crippen LogP contribution in [0.4, 0.5) is 0 Å². The Labute approximate surface area is 164 Å². The van der Waals surface area contributed by atoms with Crippen molar-refractivity contribution in [3.8, 4) is 0 Å². The van der Waals surface area contributed by atoms with Crippen molar-refractivity contribution in [2.45, 2.75) is 79.3 Å². The van der Waals surface area contributed by atoms with Gasteiger partial charge < -0.3 is 20.4 Å². The molecule has 0 spiro atoms. The molecule has 0 aliphatic carbocycles. The molecule has 0 bridgehead atoms. The molecule has 0 aromatic rings. The molecule has 0 aromatic heterocycles. The van der Waals surface area contributed by atoms with Gasteiger partial charge in [-0.15, -0.1) is 0 Å². The molecule has 0 aliphatic rings. The Balaban J connectivity index is 3.59. The highest BCUT2D eigenvalue weighted by Gasteiger charge is 2.04. The van der Waals surface area contributed by atoms with Gasteiger partial charge in [0.2, 0.25) is 0 Å². The number of rotatable bonds is 18. The zero-order chi connectivity index (χ0) is 19.6. The van der Waals surface area contributed by atoms with Crippen LogP contribution in [0.15, 0.2) is 12.2 Å². The minimum absolute atomic E-state index is 0.599. The smallest absolute Gasteiger partial charge is 0.0137 e. The fraction of sp³-hybridized carbons (Fsp3) is 0.909. The van der Waals surface area contributed by atoms with E-state index in [1.54, 1.807) is 0 Å². The maximum absolute atomic E-state index is 3.60. The third-order valence-corrected chi connectivity index (χ3v) is 5.35. The van der Waals surface area contributed by atoms with Crippen LogP contribution in [-0.4, -0.2) is 74.2 Å². The predicted molar refractivity (Wildman–Crippen MR) is 118 cm³/mol. The Morgan fingerprint density at radius 2 is 1.00 bits per heavy atom. The summed E-state index contributed by atoms with van der Waals surface area (Å²) in [6.45, 7) is 22.7. The molecule has 0 unspecified atom stereocenters. The van der Waals surface area contributed by atoms with Crippen LogP contribution < -0.4 is 10.6 Å². The van der Waals surface area contributed by atoms with Gasteiger partial charge in [-0.3, -0.25) is 0 Å². The largest absolute Gasteiger partial charge is 0.311 e. The van der Waals surface area contributed by atoms with Crippen molar-refractivity contribution in [3.05, 3.63) is 12.2 Å². The van der Waals surface area contributed by atoms with Gasteiger partial charge in [0.25, 0.3) is 0 Å². The lowest BCUT2D eigenvalue weighted by Gasteiger charge is -2.19. The van der Waals surface area contributed by atoms with Crippen LogP contribution in [-0.2, 0) is 0 Å². The van der Waals surface area contributed by atoms with Crippen LogP contribution in [0.3, 0.4) is 0 Å². The summed E-state index contributed by atoms with van der Waals surface area (Å²) < 4.78 is 0. The van der Waals surface area contributed by atoms with Crippen molar-refractivity contribution in [2.24, 2.45) is 0 Å². The second kappa shape index (κ2) is 18.0. The molecule has 0 rings (SSSR count). The molecule has 0 fully saturated rings. The number of nitrogens with one attached hydrogen (secondary N) is 2. The second-order valence-electron chi connectivity index (χ2n) is 7.43. The van der Waals surface area contributed by atoms with E-state index in [1.165, 1.54) is 65.0 Å². The Kier molecular flexibility index (Phi) is 17.7. The van der Waals surface area contributed by atoms with Crippen LogP contribution in [0.5, 0.6) is 0 Å². The highest BCUT2D eigenvalue weighted by Crippen LogP contribution is 2.00. The Bertz CT molecular complexity index is 281. The minimum atomic E-state index is 0.599. The molecular weight excluding hydrogens is 320 g/mol. The molecule has 4 heteroatoms. The van der Waals surface area contributed by atoms with Crippen LogP contribution in [0.25, 0.3) is 0 Å². The molecule has 0 amide bonds. The zero-order valence-corrected chi connectivity index (χ0v) is 18.7. The minimum Gasteiger partial charge on any atom is -0.311 e. The fourth-order valence-corrected chi connectivity index (χ4v) is 3.23. The van der Waals surface area contributed by atoms with E-state index in [2.05, 4.69) is 74.1 Å². The van der Waals surface area contributed by atoms with Crippen molar-refractivity contribution < 1.29 is 0 Å². The Morgan fingerprint density at radius 1 is 0.654 bits per heavy atom. The van der Waals surface area contributed by atoms with Crippen LogP contribution in [0, 0.1) is 0 Å². The summed E-state index contributed by atoms with van der Waals surface area (Å²) in [5.74, 6) is 0. The third kappa shape index (κ3) is 14.7. The maximum Gasteiger partial charge on any atom is 0.0137 e. The van der Waals surface area contributed by atoms with Gasteiger partial charge in [-0.25, -0.2) is 0 Å². The highest BCUT2D eigenvalue weighted by molar-refractivity contribution is 4.87. The quantitative estimate of drug-likeness (QED) is 0.361. The summed E-state index contributed by atoms with van der Waals surface area (Å²) in [6.07, 6.45) is 9.60. The molecule has 26 heavy (non-hydrogen) atoms. The summed E-state index contributed by atoms with van der Waals surface area (Å²) in [5.41, 5.74) is 0. The number of hydrogen-bond donors (Lipinski definition) is 2. The molecular formula is C22H48N4. The normalized spacial score (nSPS) is 14.6. The maximum atomic E-state index is 3.60. The van der Waals surface area contributed by atoms with Gasteiger partial charge in [0.05, 0.1) is 0 Å². The number of hydrogen-bond acceptors (Lipinski definition) is 4. The van der Waals surface area contributed by atoms with Crippen LogP contribution >= 0.6 is 0 Å². The van der Waals surface area contributed by atoms with Gasteiger partial charge in [-0.2, -0.15) is 0 Å². The predicted octanol–water partition coefficient (Wildman–Crippen LogP) is 3.74. The van der Waals surface area contributed by atoms with Crippen molar-refractivity contribution >= 4 is 0 Å². The van der Waals surface area contributed by atoms with E-state index in [0.717, 1.165) is 13.1 Å². The standard InChI is InChI=1S/C22H48N4/c1-7-25(8-2)19-13-15-21(5)23-17-11-12-18-24-22(6)16-14-20-26(9-3)10-4/h11-12,21-24H,7-10,13-20H2,1-6H3/b12-11+/t21-,22+. The van der Waals surface area contributed by atoms with Crippen molar-refractivity contribution in [1.29, 1.82) is 0 Å². The summed E-state index contributed by atoms with van der Waals surface area (Å²) in [4.78, 5) is 5.00.